The van der Waals surface area contributed by atoms with Crippen molar-refractivity contribution < 1.29 is 27.5 Å². The molecule has 6 nitrogen and oxygen atoms in total. The zero-order valence-electron chi connectivity index (χ0n) is 22.2. The Hall–Kier alpha value is -1.79. The molecule has 0 bridgehead atoms. The first-order valence-electron chi connectivity index (χ1n) is 12.1. The molecular weight excluding hydrogens is 593 g/mol. The lowest BCUT2D eigenvalue weighted by molar-refractivity contribution is -0.139. The van der Waals surface area contributed by atoms with E-state index in [1.165, 1.54) is 0 Å². The molecule has 0 spiro atoms. The first-order chi connectivity index (χ1) is 18.6. The van der Waals surface area contributed by atoms with Crippen LogP contribution in [0.3, 0.4) is 0 Å². The lowest BCUT2D eigenvalue weighted by Gasteiger charge is -2.08. The molecule has 0 unspecified atom stereocenters. The molecular formula is C28H34O6S5. The summed E-state index contributed by atoms with van der Waals surface area (Å²) >= 11 is 6.71. The molecule has 0 amide bonds. The number of rotatable bonds is 18. The molecule has 2 aromatic carbocycles. The number of thioether (sulfide) groups is 4. The molecule has 0 aliphatic carbocycles. The van der Waals surface area contributed by atoms with Crippen LogP contribution in [0.4, 0.5) is 0 Å². The Labute approximate surface area is 249 Å². The Balaban J connectivity index is 1.71. The molecule has 0 fully saturated rings. The largest absolute Gasteiger partial charge is 0.461 e. The standard InChI is InChI=1S/C28H34O6S5/c1-21(2)27(29)33-13-15-35-17-19-37-23-5-9-25(10-6-23)39(31,32)26-11-7-24(8-12-26)38-20-18-36-16-14-34-28(30)22(3)4/h5-12H,1,3,13-20H2,2,4H3. The van der Waals surface area contributed by atoms with E-state index in [-0.39, 0.29) is 21.7 Å². The molecule has 0 atom stereocenters. The van der Waals surface area contributed by atoms with Gasteiger partial charge in [0.2, 0.25) is 9.84 Å². The highest BCUT2D eigenvalue weighted by molar-refractivity contribution is 8.03. The quantitative estimate of drug-likeness (QED) is 0.0801. The maximum Gasteiger partial charge on any atom is 0.333 e. The van der Waals surface area contributed by atoms with Crippen LogP contribution in [0.15, 0.2) is 92.4 Å². The Morgan fingerprint density at radius 1 is 0.641 bits per heavy atom. The summed E-state index contributed by atoms with van der Waals surface area (Å²) in [7, 11) is -3.59. The number of esters is 2. The van der Waals surface area contributed by atoms with Crippen LogP contribution in [0.25, 0.3) is 0 Å². The minimum atomic E-state index is -3.59. The van der Waals surface area contributed by atoms with Gasteiger partial charge < -0.3 is 9.47 Å². The second-order valence-electron chi connectivity index (χ2n) is 8.20. The zero-order valence-corrected chi connectivity index (χ0v) is 26.3. The molecule has 0 N–H and O–H groups in total. The topological polar surface area (TPSA) is 86.7 Å². The fraction of sp³-hybridized carbons (Fsp3) is 0.357. The van der Waals surface area contributed by atoms with E-state index >= 15 is 0 Å². The highest BCUT2D eigenvalue weighted by atomic mass is 32.2. The summed E-state index contributed by atoms with van der Waals surface area (Å²) in [5.41, 5.74) is 0.799. The molecule has 0 aliphatic rings. The van der Waals surface area contributed by atoms with Crippen LogP contribution >= 0.6 is 47.0 Å². The zero-order chi connectivity index (χ0) is 28.7. The fourth-order valence-electron chi connectivity index (χ4n) is 2.84. The van der Waals surface area contributed by atoms with Gasteiger partial charge in [0, 0.05) is 55.5 Å². The molecule has 212 valence electrons. The van der Waals surface area contributed by atoms with Crippen molar-refractivity contribution >= 4 is 68.8 Å². The summed E-state index contributed by atoms with van der Waals surface area (Å²) in [6.45, 7) is 11.1. The smallest absolute Gasteiger partial charge is 0.333 e. The van der Waals surface area contributed by atoms with Crippen molar-refractivity contribution in [2.45, 2.75) is 33.4 Å². The predicted molar refractivity (Wildman–Crippen MR) is 166 cm³/mol. The summed E-state index contributed by atoms with van der Waals surface area (Å²) in [6, 6.07) is 13.9. The van der Waals surface area contributed by atoms with Gasteiger partial charge >= 0.3 is 11.9 Å². The van der Waals surface area contributed by atoms with Crippen LogP contribution in [0.5, 0.6) is 0 Å². The third-order valence-corrected chi connectivity index (χ3v) is 11.1. The van der Waals surface area contributed by atoms with Gasteiger partial charge in [-0.2, -0.15) is 23.5 Å². The van der Waals surface area contributed by atoms with E-state index in [0.29, 0.717) is 24.4 Å². The van der Waals surface area contributed by atoms with E-state index in [1.807, 2.05) is 24.3 Å². The summed E-state index contributed by atoms with van der Waals surface area (Å²) in [6.07, 6.45) is 0. The first-order valence-corrected chi connectivity index (χ1v) is 17.9. The number of hydrogen-bond acceptors (Lipinski definition) is 10. The molecule has 0 aromatic heterocycles. The molecule has 39 heavy (non-hydrogen) atoms. The fourth-order valence-corrected chi connectivity index (χ4v) is 7.65. The highest BCUT2D eigenvalue weighted by Crippen LogP contribution is 2.27. The van der Waals surface area contributed by atoms with Crippen molar-refractivity contribution in [2.75, 3.05) is 47.7 Å². The molecule has 0 aliphatic heterocycles. The second-order valence-corrected chi connectivity index (χ2v) is 14.9. The summed E-state index contributed by atoms with van der Waals surface area (Å²) in [5, 5.41) is 0. The number of hydrogen-bond donors (Lipinski definition) is 0. The third-order valence-electron chi connectivity index (χ3n) is 4.88. The van der Waals surface area contributed by atoms with Gasteiger partial charge in [-0.15, -0.1) is 23.5 Å². The van der Waals surface area contributed by atoms with Crippen LogP contribution in [-0.4, -0.2) is 68.1 Å². The second kappa shape index (κ2) is 17.8. The van der Waals surface area contributed by atoms with Gasteiger partial charge in [0.15, 0.2) is 0 Å². The molecule has 2 rings (SSSR count). The average Bonchev–Trinajstić information content (AvgIpc) is 2.92. The van der Waals surface area contributed by atoms with E-state index in [1.54, 1.807) is 85.2 Å². The number of carbonyl (C=O) groups excluding carboxylic acids is 2. The number of carbonyl (C=O) groups is 2. The number of ether oxygens (including phenoxy) is 2. The molecule has 0 saturated heterocycles. The summed E-state index contributed by atoms with van der Waals surface area (Å²) < 4.78 is 36.2. The molecule has 0 heterocycles. The van der Waals surface area contributed by atoms with Crippen molar-refractivity contribution in [1.29, 1.82) is 0 Å². The van der Waals surface area contributed by atoms with E-state index in [4.69, 9.17) is 9.47 Å². The third kappa shape index (κ3) is 12.5. The van der Waals surface area contributed by atoms with Gasteiger partial charge in [-0.25, -0.2) is 18.0 Å². The van der Waals surface area contributed by atoms with Crippen molar-refractivity contribution in [3.8, 4) is 0 Å². The van der Waals surface area contributed by atoms with Gasteiger partial charge in [-0.3, -0.25) is 0 Å². The molecule has 0 radical (unpaired) electrons. The Morgan fingerprint density at radius 3 is 1.33 bits per heavy atom. The van der Waals surface area contributed by atoms with Gasteiger partial charge in [0.25, 0.3) is 0 Å². The van der Waals surface area contributed by atoms with Gasteiger partial charge in [0.05, 0.1) is 9.79 Å². The number of sulfone groups is 1. The van der Waals surface area contributed by atoms with Gasteiger partial charge in [0.1, 0.15) is 13.2 Å². The summed E-state index contributed by atoms with van der Waals surface area (Å²) in [5.74, 6) is 4.24. The average molecular weight is 627 g/mol. The minimum absolute atomic E-state index is 0.268. The minimum Gasteiger partial charge on any atom is -0.461 e. The molecule has 11 heteroatoms. The highest BCUT2D eigenvalue weighted by Gasteiger charge is 2.17. The monoisotopic (exact) mass is 626 g/mol. The summed E-state index contributed by atoms with van der Waals surface area (Å²) in [4.78, 5) is 25.2. The Kier molecular flexibility index (Phi) is 15.3. The maximum absolute atomic E-state index is 13.1. The van der Waals surface area contributed by atoms with Crippen molar-refractivity contribution in [3.63, 3.8) is 0 Å². The van der Waals surface area contributed by atoms with Gasteiger partial charge in [-0.1, -0.05) is 13.2 Å². The van der Waals surface area contributed by atoms with Crippen LogP contribution in [-0.2, 0) is 28.9 Å². The van der Waals surface area contributed by atoms with E-state index in [2.05, 4.69) is 13.2 Å². The predicted octanol–water partition coefficient (Wildman–Crippen LogP) is 6.41. The molecule has 2 aromatic rings. The SMILES string of the molecule is C=C(C)C(=O)OCCSCCSc1ccc(S(=O)(=O)c2ccc(SCCSCCOC(=O)C(=C)C)cc2)cc1. The van der Waals surface area contributed by atoms with Crippen LogP contribution in [0, 0.1) is 0 Å². The van der Waals surface area contributed by atoms with Crippen LogP contribution in [0.1, 0.15) is 13.8 Å². The van der Waals surface area contributed by atoms with Crippen molar-refractivity contribution in [3.05, 3.63) is 72.8 Å². The van der Waals surface area contributed by atoms with Gasteiger partial charge in [-0.05, 0) is 62.4 Å². The Bertz CT molecular complexity index is 1120. The maximum atomic E-state index is 13.1. The Morgan fingerprint density at radius 2 is 1.00 bits per heavy atom. The molecule has 0 saturated carbocycles. The van der Waals surface area contributed by atoms with Crippen molar-refractivity contribution in [2.24, 2.45) is 0 Å². The first kappa shape index (κ1) is 33.4. The lowest BCUT2D eigenvalue weighted by Crippen LogP contribution is -2.08. The van der Waals surface area contributed by atoms with E-state index in [0.717, 1.165) is 44.3 Å². The van der Waals surface area contributed by atoms with Crippen LogP contribution in [0.2, 0.25) is 0 Å². The van der Waals surface area contributed by atoms with E-state index in [9.17, 15) is 18.0 Å². The lowest BCUT2D eigenvalue weighted by atomic mass is 10.4. The van der Waals surface area contributed by atoms with Crippen molar-refractivity contribution in [1.82, 2.24) is 0 Å². The van der Waals surface area contributed by atoms with E-state index < -0.39 is 9.84 Å². The number of benzene rings is 2. The normalized spacial score (nSPS) is 11.1. The van der Waals surface area contributed by atoms with Crippen LogP contribution < -0.4 is 0 Å².